The highest BCUT2D eigenvalue weighted by Gasteiger charge is 2.08. The maximum absolute atomic E-state index is 12.0. The van der Waals surface area contributed by atoms with Crippen molar-refractivity contribution in [1.29, 1.82) is 0 Å². The van der Waals surface area contributed by atoms with Gasteiger partial charge in [0.25, 0.3) is 5.56 Å². The van der Waals surface area contributed by atoms with Gasteiger partial charge < -0.3 is 9.47 Å². The fourth-order valence-electron chi connectivity index (χ4n) is 2.74. The van der Waals surface area contributed by atoms with Crippen molar-refractivity contribution in [3.05, 3.63) is 85.7 Å². The number of carbonyl (C=O) groups excluding carboxylic acids is 1. The molecule has 1 amide bonds. The molecule has 0 atom stereocenters. The highest BCUT2D eigenvalue weighted by Crippen LogP contribution is 2.28. The second-order valence-corrected chi connectivity index (χ2v) is 6.93. The van der Waals surface area contributed by atoms with Crippen molar-refractivity contribution in [2.45, 2.75) is 26.4 Å². The fourth-order valence-corrected chi connectivity index (χ4v) is 2.74. The van der Waals surface area contributed by atoms with Crippen molar-refractivity contribution in [1.82, 2.24) is 20.6 Å². The summed E-state index contributed by atoms with van der Waals surface area (Å²) < 4.78 is 11.2. The number of hydrogen-bond donors (Lipinski definition) is 3. The molecule has 0 bridgehead atoms. The van der Waals surface area contributed by atoms with Gasteiger partial charge in [0, 0.05) is 12.8 Å². The maximum Gasteiger partial charge on any atom is 0.342 e. The zero-order chi connectivity index (χ0) is 22.9. The van der Waals surface area contributed by atoms with Crippen LogP contribution in [0.4, 0.5) is 0 Å². The summed E-state index contributed by atoms with van der Waals surface area (Å²) in [6, 6.07) is 13.3. The number of rotatable bonds is 9. The Balaban J connectivity index is 1.56. The van der Waals surface area contributed by atoms with Crippen molar-refractivity contribution in [3.63, 3.8) is 0 Å². The summed E-state index contributed by atoms with van der Waals surface area (Å²) in [5, 5.41) is 9.67. The zero-order valence-corrected chi connectivity index (χ0v) is 17.7. The van der Waals surface area contributed by atoms with Crippen molar-refractivity contribution >= 4 is 12.1 Å². The lowest BCUT2D eigenvalue weighted by molar-refractivity contribution is -0.121. The van der Waals surface area contributed by atoms with Crippen LogP contribution in [0, 0.1) is 6.92 Å². The summed E-state index contributed by atoms with van der Waals surface area (Å²) in [5.74, 6) is 0.724. The molecule has 0 spiro atoms. The highest BCUT2D eigenvalue weighted by molar-refractivity contribution is 5.83. The van der Waals surface area contributed by atoms with Crippen LogP contribution >= 0.6 is 0 Å². The van der Waals surface area contributed by atoms with E-state index in [1.807, 2.05) is 31.2 Å². The maximum atomic E-state index is 12.0. The third kappa shape index (κ3) is 6.39. The quantitative estimate of drug-likeness (QED) is 0.342. The number of hydrazone groups is 1. The Hall–Kier alpha value is -4.21. The Kier molecular flexibility index (Phi) is 7.52. The lowest BCUT2D eigenvalue weighted by Gasteiger charge is -2.11. The van der Waals surface area contributed by atoms with Gasteiger partial charge in [-0.3, -0.25) is 14.6 Å². The first-order valence-electron chi connectivity index (χ1n) is 9.81. The number of carbonyl (C=O) groups is 1. The van der Waals surface area contributed by atoms with Gasteiger partial charge >= 0.3 is 5.69 Å². The number of aromatic amines is 2. The smallest absolute Gasteiger partial charge is 0.342 e. The van der Waals surface area contributed by atoms with Gasteiger partial charge in [-0.2, -0.15) is 10.2 Å². The normalized spacial score (nSPS) is 10.8. The molecule has 0 unspecified atom stereocenters. The topological polar surface area (TPSA) is 139 Å². The molecule has 0 saturated heterocycles. The minimum absolute atomic E-state index is 0.0208. The SMILES string of the molecule is COc1ccc(/C=N/NC(=O)CCc2n[nH]c(=O)[nH]c2=O)cc1OCc1ccc(C)cc1. The lowest BCUT2D eigenvalue weighted by atomic mass is 10.1. The van der Waals surface area contributed by atoms with Crippen LogP contribution in [0.5, 0.6) is 11.5 Å². The third-order valence-corrected chi connectivity index (χ3v) is 4.48. The number of benzene rings is 2. The van der Waals surface area contributed by atoms with E-state index < -0.39 is 17.2 Å². The molecular weight excluding hydrogens is 414 g/mol. The molecule has 32 heavy (non-hydrogen) atoms. The van der Waals surface area contributed by atoms with E-state index in [0.29, 0.717) is 23.7 Å². The number of hydrogen-bond acceptors (Lipinski definition) is 7. The van der Waals surface area contributed by atoms with Gasteiger partial charge in [-0.25, -0.2) is 15.3 Å². The summed E-state index contributed by atoms with van der Waals surface area (Å²) in [6.07, 6.45) is 1.52. The van der Waals surface area contributed by atoms with Crippen molar-refractivity contribution in [3.8, 4) is 11.5 Å². The van der Waals surface area contributed by atoms with Crippen molar-refractivity contribution in [2.24, 2.45) is 5.10 Å². The second kappa shape index (κ2) is 10.7. The largest absolute Gasteiger partial charge is 0.493 e. The van der Waals surface area contributed by atoms with Gasteiger partial charge in [-0.05, 0) is 36.2 Å². The van der Waals surface area contributed by atoms with E-state index in [4.69, 9.17) is 9.47 Å². The molecule has 1 heterocycles. The van der Waals surface area contributed by atoms with Gasteiger partial charge in [0.1, 0.15) is 12.3 Å². The van der Waals surface area contributed by atoms with Gasteiger partial charge in [0.2, 0.25) is 5.91 Å². The van der Waals surface area contributed by atoms with Crippen LogP contribution in [-0.4, -0.2) is 34.4 Å². The number of H-pyrrole nitrogens is 2. The summed E-state index contributed by atoms with van der Waals surface area (Å²) in [7, 11) is 1.56. The molecule has 2 aromatic carbocycles. The van der Waals surface area contributed by atoms with Gasteiger partial charge in [-0.1, -0.05) is 29.8 Å². The molecule has 3 N–H and O–H groups in total. The summed E-state index contributed by atoms with van der Waals surface area (Å²) in [5.41, 5.74) is 4.03. The van der Waals surface area contributed by atoms with E-state index in [1.165, 1.54) is 11.8 Å². The minimum atomic E-state index is -0.700. The standard InChI is InChI=1S/C22H23N5O5/c1-14-3-5-15(6-4-14)13-32-19-11-16(7-9-18(19)31-2)12-23-26-20(28)10-8-17-21(29)24-22(30)27-25-17/h3-7,9,11-12H,8,10,13H2,1-2H3,(H,26,28)(H2,24,27,29,30)/b23-12+. The number of ether oxygens (including phenoxy) is 2. The minimum Gasteiger partial charge on any atom is -0.493 e. The van der Waals surface area contributed by atoms with Crippen molar-refractivity contribution < 1.29 is 14.3 Å². The molecule has 0 radical (unpaired) electrons. The first-order valence-corrected chi connectivity index (χ1v) is 9.81. The van der Waals surface area contributed by atoms with Crippen molar-refractivity contribution in [2.75, 3.05) is 7.11 Å². The molecule has 1 aromatic heterocycles. The predicted molar refractivity (Wildman–Crippen MR) is 118 cm³/mol. The van der Waals surface area contributed by atoms with Gasteiger partial charge in [0.15, 0.2) is 11.5 Å². The van der Waals surface area contributed by atoms with E-state index in [1.54, 1.807) is 25.3 Å². The number of amides is 1. The van der Waals surface area contributed by atoms with Crippen LogP contribution in [0.3, 0.4) is 0 Å². The molecule has 166 valence electrons. The zero-order valence-electron chi connectivity index (χ0n) is 17.7. The van der Waals surface area contributed by atoms with Gasteiger partial charge in [0.05, 0.1) is 13.3 Å². The Labute approximate surface area is 183 Å². The third-order valence-electron chi connectivity index (χ3n) is 4.48. The highest BCUT2D eigenvalue weighted by atomic mass is 16.5. The van der Waals surface area contributed by atoms with E-state index in [-0.39, 0.29) is 18.5 Å². The molecule has 0 aliphatic heterocycles. The van der Waals surface area contributed by atoms with E-state index in [9.17, 15) is 14.4 Å². The molecule has 10 nitrogen and oxygen atoms in total. The Morgan fingerprint density at radius 3 is 2.66 bits per heavy atom. The number of aromatic nitrogens is 3. The van der Waals surface area contributed by atoms with Crippen LogP contribution < -0.4 is 26.1 Å². The van der Waals surface area contributed by atoms with E-state index in [0.717, 1.165) is 5.56 Å². The number of methoxy groups -OCH3 is 1. The number of aryl methyl sites for hydroxylation is 2. The summed E-state index contributed by atoms with van der Waals surface area (Å²) in [6.45, 7) is 2.40. The monoisotopic (exact) mass is 437 g/mol. The molecule has 10 heteroatoms. The number of nitrogens with zero attached hydrogens (tertiary/aromatic N) is 2. The van der Waals surface area contributed by atoms with E-state index in [2.05, 4.69) is 25.7 Å². The first-order chi connectivity index (χ1) is 15.4. The fraction of sp³-hybridized carbons (Fsp3) is 0.227. The number of nitrogens with one attached hydrogen (secondary N) is 3. The molecule has 0 aliphatic carbocycles. The molecule has 3 rings (SSSR count). The molecule has 3 aromatic rings. The summed E-state index contributed by atoms with van der Waals surface area (Å²) in [4.78, 5) is 36.5. The predicted octanol–water partition coefficient (Wildman–Crippen LogP) is 1.44. The first kappa shape index (κ1) is 22.5. The average Bonchev–Trinajstić information content (AvgIpc) is 2.78. The Bertz CT molecular complexity index is 1210. The van der Waals surface area contributed by atoms with Crippen LogP contribution in [0.1, 0.15) is 28.8 Å². The van der Waals surface area contributed by atoms with Crippen LogP contribution in [0.2, 0.25) is 0 Å². The van der Waals surface area contributed by atoms with Crippen LogP contribution in [0.25, 0.3) is 0 Å². The molecule has 0 fully saturated rings. The average molecular weight is 437 g/mol. The lowest BCUT2D eigenvalue weighted by Crippen LogP contribution is -2.28. The van der Waals surface area contributed by atoms with Gasteiger partial charge in [-0.15, -0.1) is 0 Å². The Morgan fingerprint density at radius 1 is 1.16 bits per heavy atom. The molecular formula is C22H23N5O5. The van der Waals surface area contributed by atoms with Crippen LogP contribution in [-0.2, 0) is 17.8 Å². The van der Waals surface area contributed by atoms with Crippen LogP contribution in [0.15, 0.2) is 57.2 Å². The Morgan fingerprint density at radius 2 is 1.94 bits per heavy atom. The molecule has 0 saturated carbocycles. The second-order valence-electron chi connectivity index (χ2n) is 6.93. The van der Waals surface area contributed by atoms with E-state index >= 15 is 0 Å². The summed E-state index contributed by atoms with van der Waals surface area (Å²) >= 11 is 0. The molecule has 0 aliphatic rings.